The van der Waals surface area contributed by atoms with Crippen molar-refractivity contribution >= 4 is 23.6 Å². The zero-order valence-corrected chi connectivity index (χ0v) is 14.0. The average molecular weight is 342 g/mol. The normalized spacial score (nSPS) is 16.8. The van der Waals surface area contributed by atoms with Crippen molar-refractivity contribution in [2.75, 3.05) is 6.54 Å². The number of aliphatic hydroxyl groups is 1. The van der Waals surface area contributed by atoms with Gasteiger partial charge in [-0.15, -0.1) is 0 Å². The Balaban J connectivity index is 1.65. The quantitative estimate of drug-likeness (QED) is 0.786. The maximum Gasteiger partial charge on any atom is 0.244 e. The molecule has 0 saturated heterocycles. The predicted octanol–water partition coefficient (Wildman–Crippen LogP) is 3.77. The smallest absolute Gasteiger partial charge is 0.244 e. The first-order valence-corrected chi connectivity index (χ1v) is 8.46. The maximum absolute atomic E-state index is 12.1. The monoisotopic (exact) mass is 341 g/mol. The van der Waals surface area contributed by atoms with Gasteiger partial charge in [-0.3, -0.25) is 4.79 Å². The Morgan fingerprint density at radius 3 is 2.50 bits per heavy atom. The molecule has 2 aromatic rings. The van der Waals surface area contributed by atoms with Crippen LogP contribution in [-0.4, -0.2) is 17.6 Å². The van der Waals surface area contributed by atoms with Crippen molar-refractivity contribution in [3.63, 3.8) is 0 Å². The van der Waals surface area contributed by atoms with E-state index in [1.165, 1.54) is 6.08 Å². The van der Waals surface area contributed by atoms with E-state index in [9.17, 15) is 9.90 Å². The predicted molar refractivity (Wildman–Crippen MR) is 96.6 cm³/mol. The van der Waals surface area contributed by atoms with E-state index in [4.69, 9.17) is 11.6 Å². The second kappa shape index (κ2) is 7.20. The highest BCUT2D eigenvalue weighted by Gasteiger charge is 2.45. The van der Waals surface area contributed by atoms with Crippen LogP contribution in [0.15, 0.2) is 60.7 Å². The van der Waals surface area contributed by atoms with Gasteiger partial charge in [0.15, 0.2) is 0 Å². The molecule has 0 spiro atoms. The zero-order chi connectivity index (χ0) is 17.0. The molecule has 0 heterocycles. The SMILES string of the molecule is O=C(/C=C/c1ccccc1Cl)NCC(O)(c1ccccc1)C1CC1. The first kappa shape index (κ1) is 16.7. The van der Waals surface area contributed by atoms with Gasteiger partial charge in [0, 0.05) is 11.1 Å². The summed E-state index contributed by atoms with van der Waals surface area (Å²) in [6.07, 6.45) is 5.09. The van der Waals surface area contributed by atoms with Crippen molar-refractivity contribution in [3.8, 4) is 0 Å². The number of benzene rings is 2. The first-order valence-electron chi connectivity index (χ1n) is 8.08. The Kier molecular flexibility index (Phi) is 5.03. The number of amides is 1. The number of nitrogens with one attached hydrogen (secondary N) is 1. The Hall–Kier alpha value is -2.10. The molecule has 0 radical (unpaired) electrons. The molecule has 1 atom stereocenters. The summed E-state index contributed by atoms with van der Waals surface area (Å²) in [5.41, 5.74) is 0.632. The summed E-state index contributed by atoms with van der Waals surface area (Å²) in [7, 11) is 0. The van der Waals surface area contributed by atoms with Gasteiger partial charge in [0.1, 0.15) is 5.60 Å². The van der Waals surface area contributed by atoms with Gasteiger partial charge in [-0.05, 0) is 42.0 Å². The first-order chi connectivity index (χ1) is 11.6. The molecule has 2 aromatic carbocycles. The van der Waals surface area contributed by atoms with Crippen molar-refractivity contribution in [1.82, 2.24) is 5.32 Å². The van der Waals surface area contributed by atoms with Crippen molar-refractivity contribution in [2.45, 2.75) is 18.4 Å². The van der Waals surface area contributed by atoms with Crippen LogP contribution in [-0.2, 0) is 10.4 Å². The highest BCUT2D eigenvalue weighted by atomic mass is 35.5. The van der Waals surface area contributed by atoms with E-state index >= 15 is 0 Å². The molecule has 1 aliphatic carbocycles. The Morgan fingerprint density at radius 2 is 1.83 bits per heavy atom. The van der Waals surface area contributed by atoms with Crippen molar-refractivity contribution in [1.29, 1.82) is 0 Å². The topological polar surface area (TPSA) is 49.3 Å². The molecule has 2 N–H and O–H groups in total. The third-order valence-electron chi connectivity index (χ3n) is 4.38. The second-order valence-corrected chi connectivity index (χ2v) is 6.54. The number of rotatable bonds is 6. The minimum Gasteiger partial charge on any atom is -0.383 e. The largest absolute Gasteiger partial charge is 0.383 e. The van der Waals surface area contributed by atoms with E-state index in [-0.39, 0.29) is 18.4 Å². The molecule has 1 amide bonds. The van der Waals surface area contributed by atoms with Crippen LogP contribution < -0.4 is 5.32 Å². The van der Waals surface area contributed by atoms with E-state index in [0.29, 0.717) is 5.02 Å². The molecule has 0 aromatic heterocycles. The highest BCUT2D eigenvalue weighted by Crippen LogP contribution is 2.45. The zero-order valence-electron chi connectivity index (χ0n) is 13.3. The number of carbonyl (C=O) groups excluding carboxylic acids is 1. The molecule has 1 fully saturated rings. The van der Waals surface area contributed by atoms with Crippen LogP contribution in [0.2, 0.25) is 5.02 Å². The molecule has 3 nitrogen and oxygen atoms in total. The lowest BCUT2D eigenvalue weighted by molar-refractivity contribution is -0.118. The molecule has 1 saturated carbocycles. The Labute approximate surface area is 147 Å². The second-order valence-electron chi connectivity index (χ2n) is 6.14. The van der Waals surface area contributed by atoms with Gasteiger partial charge in [-0.2, -0.15) is 0 Å². The molecular formula is C20H20ClNO2. The summed E-state index contributed by atoms with van der Waals surface area (Å²) in [5.74, 6) is -0.0438. The molecule has 24 heavy (non-hydrogen) atoms. The molecule has 0 bridgehead atoms. The van der Waals surface area contributed by atoms with Crippen LogP contribution >= 0.6 is 11.6 Å². The Morgan fingerprint density at radius 1 is 1.17 bits per heavy atom. The van der Waals surface area contributed by atoms with Crippen molar-refractivity contribution < 1.29 is 9.90 Å². The van der Waals surface area contributed by atoms with Crippen molar-refractivity contribution in [3.05, 3.63) is 76.8 Å². The molecule has 4 heteroatoms. The molecular weight excluding hydrogens is 322 g/mol. The van der Waals surface area contributed by atoms with Crippen LogP contribution in [0.4, 0.5) is 0 Å². The lowest BCUT2D eigenvalue weighted by atomic mass is 9.88. The van der Waals surface area contributed by atoms with Crippen LogP contribution in [0.25, 0.3) is 6.08 Å². The van der Waals surface area contributed by atoms with E-state index < -0.39 is 5.60 Å². The van der Waals surface area contributed by atoms with Gasteiger partial charge in [-0.1, -0.05) is 60.1 Å². The lowest BCUT2D eigenvalue weighted by Gasteiger charge is -2.29. The molecule has 0 aliphatic heterocycles. The maximum atomic E-state index is 12.1. The van der Waals surface area contributed by atoms with Crippen LogP contribution in [0.5, 0.6) is 0 Å². The summed E-state index contributed by atoms with van der Waals surface area (Å²) < 4.78 is 0. The number of carbonyl (C=O) groups is 1. The summed E-state index contributed by atoms with van der Waals surface area (Å²) in [5, 5.41) is 14.5. The van der Waals surface area contributed by atoms with E-state index in [1.807, 2.05) is 48.5 Å². The minimum absolute atomic E-state index is 0.202. The third kappa shape index (κ3) is 3.86. The van der Waals surface area contributed by atoms with Gasteiger partial charge >= 0.3 is 0 Å². The fourth-order valence-corrected chi connectivity index (χ4v) is 3.03. The van der Waals surface area contributed by atoms with E-state index in [2.05, 4.69) is 5.32 Å². The number of halogens is 1. The standard InChI is InChI=1S/C20H20ClNO2/c21-18-9-5-4-6-15(18)10-13-19(23)22-14-20(24,17-11-12-17)16-7-2-1-3-8-16/h1-10,13,17,24H,11-12,14H2,(H,22,23)/b13-10+. The number of hydrogen-bond acceptors (Lipinski definition) is 2. The molecule has 1 unspecified atom stereocenters. The average Bonchev–Trinajstić information content (AvgIpc) is 3.45. The van der Waals surface area contributed by atoms with Crippen LogP contribution in [0.3, 0.4) is 0 Å². The summed E-state index contributed by atoms with van der Waals surface area (Å²) in [6, 6.07) is 16.9. The third-order valence-corrected chi connectivity index (χ3v) is 4.72. The van der Waals surface area contributed by atoms with E-state index in [1.54, 1.807) is 12.1 Å². The minimum atomic E-state index is -1.00. The van der Waals surface area contributed by atoms with Gasteiger partial charge in [0.05, 0.1) is 6.54 Å². The summed E-state index contributed by atoms with van der Waals surface area (Å²) in [4.78, 5) is 12.1. The van der Waals surface area contributed by atoms with E-state index in [0.717, 1.165) is 24.0 Å². The van der Waals surface area contributed by atoms with Crippen LogP contribution in [0.1, 0.15) is 24.0 Å². The van der Waals surface area contributed by atoms with Crippen molar-refractivity contribution in [2.24, 2.45) is 5.92 Å². The van der Waals surface area contributed by atoms with Gasteiger partial charge in [0.2, 0.25) is 5.91 Å². The summed E-state index contributed by atoms with van der Waals surface area (Å²) >= 11 is 6.06. The van der Waals surface area contributed by atoms with Gasteiger partial charge in [-0.25, -0.2) is 0 Å². The number of hydrogen-bond donors (Lipinski definition) is 2. The molecule has 3 rings (SSSR count). The lowest BCUT2D eigenvalue weighted by Crippen LogP contribution is -2.42. The summed E-state index contributed by atoms with van der Waals surface area (Å²) in [6.45, 7) is 0.202. The highest BCUT2D eigenvalue weighted by molar-refractivity contribution is 6.32. The van der Waals surface area contributed by atoms with Gasteiger partial charge < -0.3 is 10.4 Å². The fourth-order valence-electron chi connectivity index (χ4n) is 2.83. The Bertz CT molecular complexity index is 740. The fraction of sp³-hybridized carbons (Fsp3) is 0.250. The molecule has 124 valence electrons. The van der Waals surface area contributed by atoms with Crippen LogP contribution in [0, 0.1) is 5.92 Å². The molecule has 1 aliphatic rings. The van der Waals surface area contributed by atoms with Gasteiger partial charge in [0.25, 0.3) is 0 Å².